The number of ether oxygens (including phenoxy) is 1. The van der Waals surface area contributed by atoms with Crippen molar-refractivity contribution in [2.75, 3.05) is 0 Å². The maximum absolute atomic E-state index is 12.3. The molecule has 0 bridgehead atoms. The van der Waals surface area contributed by atoms with Gasteiger partial charge in [0.2, 0.25) is 10.0 Å². The van der Waals surface area contributed by atoms with Gasteiger partial charge < -0.3 is 9.26 Å². The lowest BCUT2D eigenvalue weighted by Gasteiger charge is -2.06. The van der Waals surface area contributed by atoms with Crippen molar-refractivity contribution >= 4 is 38.7 Å². The summed E-state index contributed by atoms with van der Waals surface area (Å²) >= 11 is 2.55. The van der Waals surface area contributed by atoms with Crippen LogP contribution in [0.1, 0.15) is 28.2 Å². The molecule has 0 aliphatic heterocycles. The standard InChI is InChI=1S/C16H14N2O5S3/c19-16(15-14(5-7-25-15)26(20,21)18-10-3-4-10)22-9-11-8-12(23-17-11)13-2-1-6-24-13/h1-2,5-8,10,18H,3-4,9H2. The van der Waals surface area contributed by atoms with E-state index in [1.54, 1.807) is 11.4 Å². The summed E-state index contributed by atoms with van der Waals surface area (Å²) in [6.07, 6.45) is 1.64. The largest absolute Gasteiger partial charge is 0.455 e. The van der Waals surface area contributed by atoms with Crippen LogP contribution in [-0.2, 0) is 21.4 Å². The number of carbonyl (C=O) groups excluding carboxylic acids is 1. The van der Waals surface area contributed by atoms with Gasteiger partial charge in [0.05, 0.1) is 4.88 Å². The van der Waals surface area contributed by atoms with Gasteiger partial charge in [-0.3, -0.25) is 0 Å². The third kappa shape index (κ3) is 3.73. The predicted molar refractivity (Wildman–Crippen MR) is 96.6 cm³/mol. The van der Waals surface area contributed by atoms with Crippen LogP contribution in [0.15, 0.2) is 44.4 Å². The topological polar surface area (TPSA) is 98.5 Å². The number of thiophene rings is 2. The molecule has 3 aromatic heterocycles. The van der Waals surface area contributed by atoms with Gasteiger partial charge in [-0.2, -0.15) is 0 Å². The van der Waals surface area contributed by atoms with E-state index in [2.05, 4.69) is 9.88 Å². The zero-order valence-corrected chi connectivity index (χ0v) is 15.8. The molecule has 136 valence electrons. The second-order valence-electron chi connectivity index (χ2n) is 5.75. The molecule has 3 heterocycles. The lowest BCUT2D eigenvalue weighted by atomic mass is 10.3. The van der Waals surface area contributed by atoms with E-state index in [-0.39, 0.29) is 22.4 Å². The number of nitrogens with one attached hydrogen (secondary N) is 1. The summed E-state index contributed by atoms with van der Waals surface area (Å²) in [5, 5.41) is 7.35. The maximum atomic E-state index is 12.3. The molecule has 7 nitrogen and oxygen atoms in total. The molecule has 1 aliphatic carbocycles. The average molecular weight is 410 g/mol. The van der Waals surface area contributed by atoms with Crippen molar-refractivity contribution in [3.63, 3.8) is 0 Å². The molecular formula is C16H14N2O5S3. The molecule has 3 aromatic rings. The van der Waals surface area contributed by atoms with Gasteiger partial charge in [-0.1, -0.05) is 11.2 Å². The number of rotatable bonds is 7. The Bertz CT molecular complexity index is 1020. The number of nitrogens with zero attached hydrogens (tertiary/aromatic N) is 1. The molecule has 0 atom stereocenters. The van der Waals surface area contributed by atoms with E-state index in [0.717, 1.165) is 29.1 Å². The summed E-state index contributed by atoms with van der Waals surface area (Å²) in [6.45, 7) is -0.0961. The van der Waals surface area contributed by atoms with Crippen LogP contribution in [0, 0.1) is 0 Å². The van der Waals surface area contributed by atoms with Crippen molar-refractivity contribution in [3.05, 3.63) is 45.6 Å². The van der Waals surface area contributed by atoms with E-state index in [9.17, 15) is 13.2 Å². The summed E-state index contributed by atoms with van der Waals surface area (Å²) in [4.78, 5) is 13.3. The fraction of sp³-hybridized carbons (Fsp3) is 0.250. The van der Waals surface area contributed by atoms with Crippen LogP contribution in [-0.4, -0.2) is 25.6 Å². The third-order valence-electron chi connectivity index (χ3n) is 3.68. The van der Waals surface area contributed by atoms with Crippen molar-refractivity contribution in [1.29, 1.82) is 0 Å². The zero-order chi connectivity index (χ0) is 18.1. The van der Waals surface area contributed by atoms with Crippen molar-refractivity contribution < 1.29 is 22.5 Å². The van der Waals surface area contributed by atoms with Crippen molar-refractivity contribution in [2.24, 2.45) is 0 Å². The molecule has 1 aliphatic rings. The van der Waals surface area contributed by atoms with Gasteiger partial charge in [-0.25, -0.2) is 17.9 Å². The summed E-state index contributed by atoms with van der Waals surface area (Å²) < 4.78 is 37.7. The summed E-state index contributed by atoms with van der Waals surface area (Å²) in [5.41, 5.74) is 0.457. The Morgan fingerprint density at radius 2 is 2.15 bits per heavy atom. The average Bonchev–Trinajstić information content (AvgIpc) is 3.11. The smallest absolute Gasteiger partial charge is 0.350 e. The first-order valence-electron chi connectivity index (χ1n) is 7.79. The molecular weight excluding hydrogens is 396 g/mol. The number of hydrogen-bond acceptors (Lipinski definition) is 8. The van der Waals surface area contributed by atoms with E-state index in [0.29, 0.717) is 11.5 Å². The van der Waals surface area contributed by atoms with Crippen molar-refractivity contribution in [1.82, 2.24) is 9.88 Å². The monoisotopic (exact) mass is 410 g/mol. The molecule has 0 aromatic carbocycles. The highest BCUT2D eigenvalue weighted by Gasteiger charge is 2.31. The number of sulfonamides is 1. The Hall–Kier alpha value is -2.01. The van der Waals surface area contributed by atoms with Crippen LogP contribution in [0.5, 0.6) is 0 Å². The molecule has 1 N–H and O–H groups in total. The van der Waals surface area contributed by atoms with Crippen molar-refractivity contribution in [2.45, 2.75) is 30.4 Å². The Kier molecular flexibility index (Phi) is 4.65. The Morgan fingerprint density at radius 1 is 1.31 bits per heavy atom. The van der Waals surface area contributed by atoms with Crippen LogP contribution in [0.4, 0.5) is 0 Å². The SMILES string of the molecule is O=C(OCc1cc(-c2cccs2)on1)c1sccc1S(=O)(=O)NC1CC1. The quantitative estimate of drug-likeness (QED) is 0.600. The minimum absolute atomic E-state index is 0.0328. The first-order valence-corrected chi connectivity index (χ1v) is 11.0. The molecule has 0 saturated heterocycles. The highest BCUT2D eigenvalue weighted by atomic mass is 32.2. The lowest BCUT2D eigenvalue weighted by Crippen LogP contribution is -2.26. The third-order valence-corrected chi connectivity index (χ3v) is 7.15. The molecule has 4 rings (SSSR count). The van der Waals surface area contributed by atoms with Crippen LogP contribution in [0.2, 0.25) is 0 Å². The van der Waals surface area contributed by atoms with Crippen LogP contribution >= 0.6 is 22.7 Å². The van der Waals surface area contributed by atoms with Gasteiger partial charge in [0.25, 0.3) is 0 Å². The Balaban J connectivity index is 1.44. The highest BCUT2D eigenvalue weighted by molar-refractivity contribution is 7.89. The number of esters is 1. The highest BCUT2D eigenvalue weighted by Crippen LogP contribution is 2.28. The molecule has 26 heavy (non-hydrogen) atoms. The Morgan fingerprint density at radius 3 is 2.88 bits per heavy atom. The number of aromatic nitrogens is 1. The van der Waals surface area contributed by atoms with Gasteiger partial charge in [0.15, 0.2) is 5.76 Å². The molecule has 1 fully saturated rings. The first-order chi connectivity index (χ1) is 12.5. The molecule has 10 heteroatoms. The van der Waals surface area contributed by atoms with Gasteiger partial charge in [-0.15, -0.1) is 22.7 Å². The van der Waals surface area contributed by atoms with E-state index >= 15 is 0 Å². The normalized spacial score (nSPS) is 14.5. The zero-order valence-electron chi connectivity index (χ0n) is 13.4. The maximum Gasteiger partial charge on any atom is 0.350 e. The summed E-state index contributed by atoms with van der Waals surface area (Å²) in [6, 6.07) is 6.87. The molecule has 0 amide bonds. The fourth-order valence-corrected chi connectivity index (χ4v) is 5.55. The van der Waals surface area contributed by atoms with Gasteiger partial charge in [-0.05, 0) is 35.7 Å². The molecule has 1 saturated carbocycles. The minimum Gasteiger partial charge on any atom is -0.455 e. The van der Waals surface area contributed by atoms with Gasteiger partial charge in [0.1, 0.15) is 22.1 Å². The second-order valence-corrected chi connectivity index (χ2v) is 9.29. The second kappa shape index (κ2) is 6.95. The summed E-state index contributed by atoms with van der Waals surface area (Å²) in [5.74, 6) is -0.101. The van der Waals surface area contributed by atoms with Crippen LogP contribution in [0.3, 0.4) is 0 Å². The van der Waals surface area contributed by atoms with E-state index in [1.807, 2.05) is 17.5 Å². The predicted octanol–water partition coefficient (Wildman–Crippen LogP) is 3.26. The number of carbonyl (C=O) groups is 1. The lowest BCUT2D eigenvalue weighted by molar-refractivity contribution is 0.0466. The molecule has 0 radical (unpaired) electrons. The van der Waals surface area contributed by atoms with E-state index in [1.165, 1.54) is 17.4 Å². The minimum atomic E-state index is -3.71. The number of hydrogen-bond donors (Lipinski definition) is 1. The molecule has 0 unspecified atom stereocenters. The molecule has 0 spiro atoms. The van der Waals surface area contributed by atoms with Crippen molar-refractivity contribution in [3.8, 4) is 10.6 Å². The van der Waals surface area contributed by atoms with Crippen LogP contribution in [0.25, 0.3) is 10.6 Å². The van der Waals surface area contributed by atoms with E-state index in [4.69, 9.17) is 9.26 Å². The Labute approximate surface area is 157 Å². The van der Waals surface area contributed by atoms with E-state index < -0.39 is 16.0 Å². The van der Waals surface area contributed by atoms with Gasteiger partial charge in [0, 0.05) is 12.1 Å². The van der Waals surface area contributed by atoms with Crippen LogP contribution < -0.4 is 4.72 Å². The fourth-order valence-electron chi connectivity index (χ4n) is 2.26. The van der Waals surface area contributed by atoms with Gasteiger partial charge >= 0.3 is 5.97 Å². The first kappa shape index (κ1) is 17.4. The summed E-state index contributed by atoms with van der Waals surface area (Å²) in [7, 11) is -3.71.